The average Bonchev–Trinajstić information content (AvgIpc) is 3.22. The molecule has 29 heavy (non-hydrogen) atoms. The summed E-state index contributed by atoms with van der Waals surface area (Å²) in [6.45, 7) is 4.24. The maximum Gasteiger partial charge on any atom is 0.340 e. The van der Waals surface area contributed by atoms with Crippen LogP contribution in [0.3, 0.4) is 0 Å². The zero-order chi connectivity index (χ0) is 20.4. The first-order valence-electron chi connectivity index (χ1n) is 9.31. The minimum atomic E-state index is -0.592. The van der Waals surface area contributed by atoms with Crippen LogP contribution >= 0.6 is 11.6 Å². The minimum absolute atomic E-state index is 0.215. The lowest BCUT2D eigenvalue weighted by atomic mass is 10.1. The molecule has 0 N–H and O–H groups in total. The van der Waals surface area contributed by atoms with Gasteiger partial charge < -0.3 is 19.0 Å². The molecule has 1 aromatic heterocycles. The maximum atomic E-state index is 12.5. The Bertz CT molecular complexity index is 1060. The molecular formula is C21H20ClN3O4. The van der Waals surface area contributed by atoms with Crippen molar-refractivity contribution in [2.24, 2.45) is 0 Å². The maximum absolute atomic E-state index is 12.5. The van der Waals surface area contributed by atoms with Crippen molar-refractivity contribution in [1.29, 1.82) is 0 Å². The number of rotatable bonds is 4. The van der Waals surface area contributed by atoms with E-state index < -0.39 is 5.97 Å². The van der Waals surface area contributed by atoms with E-state index >= 15 is 0 Å². The van der Waals surface area contributed by atoms with Crippen LogP contribution in [0.2, 0.25) is 5.02 Å². The summed E-state index contributed by atoms with van der Waals surface area (Å²) in [5.41, 5.74) is 3.43. The van der Waals surface area contributed by atoms with Crippen molar-refractivity contribution in [3.63, 3.8) is 0 Å². The third kappa shape index (κ3) is 4.05. The first-order chi connectivity index (χ1) is 14.0. The average molecular weight is 414 g/mol. The van der Waals surface area contributed by atoms with Gasteiger partial charge in [0.15, 0.2) is 18.6 Å². The van der Waals surface area contributed by atoms with Crippen molar-refractivity contribution in [3.05, 3.63) is 58.9 Å². The molecule has 0 saturated carbocycles. The molecule has 0 radical (unpaired) electrons. The summed E-state index contributed by atoms with van der Waals surface area (Å²) in [5, 5.41) is 0.693. The molecule has 7 nitrogen and oxygen atoms in total. The van der Waals surface area contributed by atoms with E-state index in [1.165, 1.54) is 6.39 Å². The number of nitrogens with zero attached hydrogens (tertiary/aromatic N) is 3. The molecule has 8 heteroatoms. The van der Waals surface area contributed by atoms with Crippen molar-refractivity contribution in [3.8, 4) is 0 Å². The third-order valence-corrected chi connectivity index (χ3v) is 5.29. The van der Waals surface area contributed by atoms with Gasteiger partial charge in [0.2, 0.25) is 0 Å². The lowest BCUT2D eigenvalue weighted by molar-refractivity contribution is -0.134. The Morgan fingerprint density at radius 1 is 1.17 bits per heavy atom. The fourth-order valence-electron chi connectivity index (χ4n) is 3.47. The van der Waals surface area contributed by atoms with Gasteiger partial charge in [-0.3, -0.25) is 4.79 Å². The van der Waals surface area contributed by atoms with Gasteiger partial charge in [0.1, 0.15) is 5.52 Å². The number of hydrogen-bond donors (Lipinski definition) is 0. The molecule has 1 aliphatic rings. The molecule has 0 aliphatic carbocycles. The highest BCUT2D eigenvalue weighted by Gasteiger charge is 2.24. The quantitative estimate of drug-likeness (QED) is 0.611. The summed E-state index contributed by atoms with van der Waals surface area (Å²) in [6.07, 6.45) is 1.27. The lowest BCUT2D eigenvalue weighted by Gasteiger charge is -2.36. The van der Waals surface area contributed by atoms with Crippen molar-refractivity contribution >= 4 is 40.3 Å². The SMILES string of the molecule is Cc1ccc(Cl)cc1N1CCN(C(=O)COC(=O)c2cccc3ocnc23)CC1. The number of anilines is 1. The number of esters is 1. The second-order valence-corrected chi connectivity index (χ2v) is 7.32. The van der Waals surface area contributed by atoms with Gasteiger partial charge in [-0.25, -0.2) is 9.78 Å². The molecule has 4 rings (SSSR count). The Morgan fingerprint density at radius 2 is 1.97 bits per heavy atom. The predicted octanol–water partition coefficient (Wildman–Crippen LogP) is 3.30. The van der Waals surface area contributed by atoms with E-state index in [0.717, 1.165) is 11.3 Å². The number of carbonyl (C=O) groups excluding carboxylic acids is 2. The van der Waals surface area contributed by atoms with E-state index in [0.29, 0.717) is 42.3 Å². The lowest BCUT2D eigenvalue weighted by Crippen LogP contribution is -2.50. The Morgan fingerprint density at radius 3 is 2.76 bits per heavy atom. The second kappa shape index (κ2) is 8.13. The Balaban J connectivity index is 1.33. The standard InChI is InChI=1S/C21H20ClN3O4/c1-14-5-6-15(22)11-17(14)24-7-9-25(10-8-24)19(26)12-28-21(27)16-3-2-4-18-20(16)23-13-29-18/h2-6,11,13H,7-10,12H2,1H3. The topological polar surface area (TPSA) is 75.9 Å². The molecule has 3 aromatic rings. The molecular weight excluding hydrogens is 394 g/mol. The number of para-hydroxylation sites is 1. The highest BCUT2D eigenvalue weighted by molar-refractivity contribution is 6.30. The Hall–Kier alpha value is -3.06. The molecule has 0 spiro atoms. The van der Waals surface area contributed by atoms with E-state index in [2.05, 4.69) is 9.88 Å². The van der Waals surface area contributed by atoms with Crippen LogP contribution < -0.4 is 4.90 Å². The van der Waals surface area contributed by atoms with Gasteiger partial charge in [-0.2, -0.15) is 0 Å². The van der Waals surface area contributed by atoms with Crippen LogP contribution in [0.15, 0.2) is 47.2 Å². The second-order valence-electron chi connectivity index (χ2n) is 6.88. The Kier molecular flexibility index (Phi) is 5.40. The minimum Gasteiger partial charge on any atom is -0.452 e. The predicted molar refractivity (Wildman–Crippen MR) is 109 cm³/mol. The first-order valence-corrected chi connectivity index (χ1v) is 9.69. The van der Waals surface area contributed by atoms with Crippen molar-refractivity contribution < 1.29 is 18.7 Å². The number of ether oxygens (including phenoxy) is 1. The van der Waals surface area contributed by atoms with Crippen LogP contribution in [0.5, 0.6) is 0 Å². The Labute approximate surface area is 172 Å². The van der Waals surface area contributed by atoms with E-state index in [-0.39, 0.29) is 18.1 Å². The van der Waals surface area contributed by atoms with E-state index in [4.69, 9.17) is 20.8 Å². The summed E-state index contributed by atoms with van der Waals surface area (Å²) >= 11 is 6.12. The number of aryl methyl sites for hydroxylation is 1. The summed E-state index contributed by atoms with van der Waals surface area (Å²) in [7, 11) is 0. The molecule has 150 valence electrons. The number of fused-ring (bicyclic) bond motifs is 1. The number of oxazole rings is 1. The number of carbonyl (C=O) groups is 2. The van der Waals surface area contributed by atoms with Gasteiger partial charge in [0.25, 0.3) is 5.91 Å². The van der Waals surface area contributed by atoms with Crippen LogP contribution in [0.4, 0.5) is 5.69 Å². The molecule has 1 aliphatic heterocycles. The van der Waals surface area contributed by atoms with Gasteiger partial charge in [0.05, 0.1) is 5.56 Å². The largest absolute Gasteiger partial charge is 0.452 e. The van der Waals surface area contributed by atoms with Gasteiger partial charge >= 0.3 is 5.97 Å². The zero-order valence-electron chi connectivity index (χ0n) is 15.9. The molecule has 0 unspecified atom stereocenters. The summed E-state index contributed by atoms with van der Waals surface area (Å²) in [6, 6.07) is 10.8. The van der Waals surface area contributed by atoms with Crippen molar-refractivity contribution in [2.75, 3.05) is 37.7 Å². The molecule has 0 atom stereocenters. The monoisotopic (exact) mass is 413 g/mol. The van der Waals surface area contributed by atoms with E-state index in [1.807, 2.05) is 25.1 Å². The van der Waals surface area contributed by atoms with Crippen molar-refractivity contribution in [2.45, 2.75) is 6.92 Å². The van der Waals surface area contributed by atoms with E-state index in [1.54, 1.807) is 23.1 Å². The van der Waals surface area contributed by atoms with Crippen LogP contribution in [-0.2, 0) is 9.53 Å². The fraction of sp³-hybridized carbons (Fsp3) is 0.286. The van der Waals surface area contributed by atoms with Crippen LogP contribution in [-0.4, -0.2) is 54.5 Å². The van der Waals surface area contributed by atoms with Crippen LogP contribution in [0, 0.1) is 6.92 Å². The van der Waals surface area contributed by atoms with Gasteiger partial charge in [-0.05, 0) is 36.8 Å². The number of benzene rings is 2. The summed E-state index contributed by atoms with van der Waals surface area (Å²) in [5.74, 6) is -0.806. The van der Waals surface area contributed by atoms with Crippen LogP contribution in [0.1, 0.15) is 15.9 Å². The number of piperazine rings is 1. The van der Waals surface area contributed by atoms with Crippen molar-refractivity contribution in [1.82, 2.24) is 9.88 Å². The molecule has 2 aromatic carbocycles. The highest BCUT2D eigenvalue weighted by atomic mass is 35.5. The smallest absolute Gasteiger partial charge is 0.340 e. The first kappa shape index (κ1) is 19.3. The third-order valence-electron chi connectivity index (χ3n) is 5.05. The number of halogens is 1. The fourth-order valence-corrected chi connectivity index (χ4v) is 3.63. The summed E-state index contributed by atoms with van der Waals surface area (Å²) in [4.78, 5) is 32.8. The molecule has 1 saturated heterocycles. The molecule has 0 bridgehead atoms. The highest BCUT2D eigenvalue weighted by Crippen LogP contribution is 2.25. The number of hydrogen-bond acceptors (Lipinski definition) is 6. The van der Waals surface area contributed by atoms with Gasteiger partial charge in [0, 0.05) is 36.9 Å². The summed E-state index contributed by atoms with van der Waals surface area (Å²) < 4.78 is 10.4. The normalized spacial score (nSPS) is 14.3. The van der Waals surface area contributed by atoms with Gasteiger partial charge in [-0.1, -0.05) is 23.7 Å². The van der Waals surface area contributed by atoms with Crippen LogP contribution in [0.25, 0.3) is 11.1 Å². The van der Waals surface area contributed by atoms with Gasteiger partial charge in [-0.15, -0.1) is 0 Å². The molecule has 1 amide bonds. The zero-order valence-corrected chi connectivity index (χ0v) is 16.7. The molecule has 1 fully saturated rings. The van der Waals surface area contributed by atoms with E-state index in [9.17, 15) is 9.59 Å². The number of amides is 1. The number of aromatic nitrogens is 1. The molecule has 2 heterocycles.